The lowest BCUT2D eigenvalue weighted by molar-refractivity contribution is 0.336. The van der Waals surface area contributed by atoms with Gasteiger partial charge in [0.2, 0.25) is 0 Å². The Balaban J connectivity index is 1.83. The fraction of sp³-hybridized carbons (Fsp3) is 0.435. The van der Waals surface area contributed by atoms with E-state index in [1.807, 2.05) is 31.1 Å². The Bertz CT molecular complexity index is 791. The van der Waals surface area contributed by atoms with Crippen LogP contribution in [0.3, 0.4) is 0 Å². The molecule has 5 heteroatoms. The predicted octanol–water partition coefficient (Wildman–Crippen LogP) is 4.86. The van der Waals surface area contributed by atoms with Crippen molar-refractivity contribution in [2.24, 2.45) is 4.99 Å². The molecule has 1 aromatic carbocycles. The fourth-order valence-corrected chi connectivity index (χ4v) is 3.69. The van der Waals surface area contributed by atoms with Crippen LogP contribution in [-0.2, 0) is 0 Å². The summed E-state index contributed by atoms with van der Waals surface area (Å²) in [5.41, 5.74) is 2.15. The van der Waals surface area contributed by atoms with Crippen molar-refractivity contribution in [3.63, 3.8) is 0 Å². The highest BCUT2D eigenvalue weighted by Crippen LogP contribution is 2.30. The third-order valence-electron chi connectivity index (χ3n) is 5.16. The molecular formula is C23H30FN3O. The molecule has 0 bridgehead atoms. The maximum atomic E-state index is 14.6. The normalized spacial score (nSPS) is 19.0. The molecule has 3 rings (SSSR count). The van der Waals surface area contributed by atoms with Crippen molar-refractivity contribution in [2.45, 2.75) is 32.6 Å². The fourth-order valence-electron chi connectivity index (χ4n) is 3.69. The minimum atomic E-state index is -0.306. The van der Waals surface area contributed by atoms with Gasteiger partial charge in [0.1, 0.15) is 17.4 Å². The Labute approximate surface area is 167 Å². The van der Waals surface area contributed by atoms with Crippen molar-refractivity contribution in [1.29, 1.82) is 0 Å². The maximum Gasteiger partial charge on any atom is 0.140 e. The zero-order chi connectivity index (χ0) is 19.9. The van der Waals surface area contributed by atoms with E-state index in [2.05, 4.69) is 11.5 Å². The number of ether oxygens (including phenoxy) is 1. The summed E-state index contributed by atoms with van der Waals surface area (Å²) in [6.45, 7) is 9.90. The first kappa shape index (κ1) is 20.3. The number of halogens is 1. The van der Waals surface area contributed by atoms with Crippen molar-refractivity contribution < 1.29 is 9.13 Å². The summed E-state index contributed by atoms with van der Waals surface area (Å²) in [7, 11) is 1.92. The van der Waals surface area contributed by atoms with Crippen molar-refractivity contribution in [3.05, 3.63) is 60.3 Å². The minimum Gasteiger partial charge on any atom is -0.494 e. The SMILES string of the molecule is C=C/C(=C1/N=C(CCCN2CCCC2)C=CN1C)c1cc(OCC)ccc1F. The third-order valence-corrected chi connectivity index (χ3v) is 5.16. The average molecular weight is 384 g/mol. The summed E-state index contributed by atoms with van der Waals surface area (Å²) in [6, 6.07) is 4.80. The van der Waals surface area contributed by atoms with Crippen LogP contribution in [0.15, 0.2) is 53.9 Å². The number of likely N-dealkylation sites (tertiary alicyclic amines) is 1. The molecule has 2 aliphatic rings. The van der Waals surface area contributed by atoms with Gasteiger partial charge in [0.15, 0.2) is 0 Å². The molecular weight excluding hydrogens is 353 g/mol. The van der Waals surface area contributed by atoms with Gasteiger partial charge in [0, 0.05) is 30.1 Å². The second kappa shape index (κ2) is 9.69. The number of hydrogen-bond acceptors (Lipinski definition) is 4. The first-order valence-corrected chi connectivity index (χ1v) is 10.1. The van der Waals surface area contributed by atoms with E-state index in [1.54, 1.807) is 18.2 Å². The summed E-state index contributed by atoms with van der Waals surface area (Å²) in [5, 5.41) is 0. The van der Waals surface area contributed by atoms with Gasteiger partial charge in [0.05, 0.1) is 6.61 Å². The molecule has 0 aromatic heterocycles. The molecule has 0 N–H and O–H groups in total. The van der Waals surface area contributed by atoms with Crippen LogP contribution in [0.5, 0.6) is 5.75 Å². The van der Waals surface area contributed by atoms with Gasteiger partial charge in [-0.2, -0.15) is 0 Å². The summed E-state index contributed by atoms with van der Waals surface area (Å²) < 4.78 is 20.1. The molecule has 150 valence electrons. The Morgan fingerprint density at radius 2 is 2.11 bits per heavy atom. The van der Waals surface area contributed by atoms with Gasteiger partial charge in [-0.25, -0.2) is 9.38 Å². The van der Waals surface area contributed by atoms with E-state index in [1.165, 1.54) is 32.0 Å². The molecule has 0 aliphatic carbocycles. The molecule has 0 radical (unpaired) electrons. The van der Waals surface area contributed by atoms with E-state index in [4.69, 9.17) is 9.73 Å². The number of benzene rings is 1. The van der Waals surface area contributed by atoms with Crippen LogP contribution < -0.4 is 4.74 Å². The lowest BCUT2D eigenvalue weighted by atomic mass is 10.0. The Morgan fingerprint density at radius 1 is 1.32 bits per heavy atom. The van der Waals surface area contributed by atoms with Gasteiger partial charge in [-0.3, -0.25) is 0 Å². The molecule has 0 atom stereocenters. The lowest BCUT2D eigenvalue weighted by Crippen LogP contribution is -2.22. The summed E-state index contributed by atoms with van der Waals surface area (Å²) in [6.07, 6.45) is 10.3. The molecule has 1 saturated heterocycles. The van der Waals surface area contributed by atoms with E-state index >= 15 is 0 Å². The van der Waals surface area contributed by atoms with E-state index in [0.717, 1.165) is 25.1 Å². The van der Waals surface area contributed by atoms with Crippen molar-refractivity contribution in [3.8, 4) is 5.75 Å². The standard InChI is InChI=1S/C23H30FN3O/c1-4-20(21-17-19(28-5-2)10-11-22(21)24)23-25-18(12-16-26(23)3)9-8-15-27-13-6-7-14-27/h4,10-12,16-17H,1,5-9,13-15H2,2-3H3/b23-20+. The first-order valence-electron chi connectivity index (χ1n) is 10.1. The Kier molecular flexibility index (Phi) is 7.04. The minimum absolute atomic E-state index is 0.306. The van der Waals surface area contributed by atoms with Crippen LogP contribution in [0, 0.1) is 5.82 Å². The van der Waals surface area contributed by atoms with Gasteiger partial charge < -0.3 is 14.5 Å². The highest BCUT2D eigenvalue weighted by molar-refractivity contribution is 5.97. The second-order valence-corrected chi connectivity index (χ2v) is 7.20. The summed E-state index contributed by atoms with van der Waals surface area (Å²) in [5.74, 6) is 1.04. The highest BCUT2D eigenvalue weighted by Gasteiger charge is 2.18. The van der Waals surface area contributed by atoms with Crippen molar-refractivity contribution >= 4 is 11.3 Å². The van der Waals surface area contributed by atoms with Gasteiger partial charge in [0.25, 0.3) is 0 Å². The smallest absolute Gasteiger partial charge is 0.140 e. The first-order chi connectivity index (χ1) is 13.6. The molecule has 2 aliphatic heterocycles. The molecule has 28 heavy (non-hydrogen) atoms. The maximum absolute atomic E-state index is 14.6. The quantitative estimate of drug-likeness (QED) is 0.642. The van der Waals surface area contributed by atoms with Gasteiger partial charge in [-0.15, -0.1) is 0 Å². The topological polar surface area (TPSA) is 28.1 Å². The van der Waals surface area contributed by atoms with Crippen LogP contribution >= 0.6 is 0 Å². The molecule has 2 heterocycles. The Hall–Kier alpha value is -2.40. The molecule has 0 unspecified atom stereocenters. The molecule has 1 aromatic rings. The second-order valence-electron chi connectivity index (χ2n) is 7.20. The molecule has 1 fully saturated rings. The number of nitrogens with zero attached hydrogens (tertiary/aromatic N) is 3. The number of hydrogen-bond donors (Lipinski definition) is 0. The monoisotopic (exact) mass is 383 g/mol. The number of aliphatic imine (C=N–C) groups is 1. The van der Waals surface area contributed by atoms with E-state index in [0.29, 0.717) is 29.3 Å². The lowest BCUT2D eigenvalue weighted by Gasteiger charge is -2.23. The van der Waals surface area contributed by atoms with E-state index in [-0.39, 0.29) is 5.82 Å². The largest absolute Gasteiger partial charge is 0.494 e. The summed E-state index contributed by atoms with van der Waals surface area (Å²) in [4.78, 5) is 9.25. The zero-order valence-corrected chi connectivity index (χ0v) is 17.0. The predicted molar refractivity (Wildman–Crippen MR) is 114 cm³/mol. The number of allylic oxidation sites excluding steroid dienone is 3. The van der Waals surface area contributed by atoms with Crippen LogP contribution in [0.1, 0.15) is 38.2 Å². The van der Waals surface area contributed by atoms with Crippen LogP contribution in [0.4, 0.5) is 4.39 Å². The molecule has 0 spiro atoms. The number of rotatable bonds is 8. The zero-order valence-electron chi connectivity index (χ0n) is 17.0. The van der Waals surface area contributed by atoms with E-state index in [9.17, 15) is 4.39 Å². The third kappa shape index (κ3) is 4.90. The van der Waals surface area contributed by atoms with Crippen molar-refractivity contribution in [2.75, 3.05) is 33.3 Å². The summed E-state index contributed by atoms with van der Waals surface area (Å²) >= 11 is 0. The van der Waals surface area contributed by atoms with Gasteiger partial charge in [-0.05, 0) is 76.5 Å². The van der Waals surface area contributed by atoms with Crippen LogP contribution in [-0.4, -0.2) is 48.8 Å². The van der Waals surface area contributed by atoms with E-state index < -0.39 is 0 Å². The molecule has 4 nitrogen and oxygen atoms in total. The Morgan fingerprint density at radius 3 is 2.82 bits per heavy atom. The molecule has 0 amide bonds. The van der Waals surface area contributed by atoms with Gasteiger partial charge in [-0.1, -0.05) is 12.7 Å². The van der Waals surface area contributed by atoms with Crippen molar-refractivity contribution in [1.82, 2.24) is 9.80 Å². The molecule has 0 saturated carbocycles. The average Bonchev–Trinajstić information content (AvgIpc) is 3.21. The van der Waals surface area contributed by atoms with Gasteiger partial charge >= 0.3 is 0 Å². The van der Waals surface area contributed by atoms with Crippen LogP contribution in [0.2, 0.25) is 0 Å². The van der Waals surface area contributed by atoms with Crippen LogP contribution in [0.25, 0.3) is 5.57 Å². The highest BCUT2D eigenvalue weighted by atomic mass is 19.1.